The molecule has 0 saturated carbocycles. The number of nitrogens with one attached hydrogen (secondary N) is 1. The molecule has 1 heterocycles. The second-order valence-corrected chi connectivity index (χ2v) is 4.60. The maximum atomic E-state index is 11.0. The lowest BCUT2D eigenvalue weighted by Gasteiger charge is -2.08. The first-order valence-electron chi connectivity index (χ1n) is 5.32. The molecule has 0 aliphatic rings. The van der Waals surface area contributed by atoms with E-state index in [-0.39, 0.29) is 11.7 Å². The van der Waals surface area contributed by atoms with Crippen LogP contribution in [-0.2, 0) is 16.1 Å². The number of thioether (sulfide) groups is 1. The van der Waals surface area contributed by atoms with E-state index in [9.17, 15) is 4.79 Å². The fraction of sp³-hybridized carbons (Fsp3) is 0.778. The summed E-state index contributed by atoms with van der Waals surface area (Å²) in [6, 6.07) is 0.428. The average Bonchev–Trinajstić information content (AvgIpc) is 2.73. The van der Waals surface area contributed by atoms with Crippen molar-refractivity contribution in [3.63, 3.8) is 0 Å². The van der Waals surface area contributed by atoms with Crippen LogP contribution in [0.25, 0.3) is 0 Å². The van der Waals surface area contributed by atoms with E-state index in [1.165, 1.54) is 18.9 Å². The average molecular weight is 259 g/mol. The summed E-state index contributed by atoms with van der Waals surface area (Å²) < 4.78 is 6.22. The van der Waals surface area contributed by atoms with Gasteiger partial charge >= 0.3 is 5.97 Å². The Morgan fingerprint density at radius 2 is 2.35 bits per heavy atom. The first-order chi connectivity index (χ1) is 8.13. The fourth-order valence-electron chi connectivity index (χ4n) is 1.08. The minimum atomic E-state index is -0.287. The van der Waals surface area contributed by atoms with E-state index < -0.39 is 0 Å². The molecule has 8 heteroatoms. The van der Waals surface area contributed by atoms with Gasteiger partial charge in [-0.25, -0.2) is 4.68 Å². The first-order valence-corrected chi connectivity index (χ1v) is 6.31. The van der Waals surface area contributed by atoms with Crippen LogP contribution in [0.2, 0.25) is 0 Å². The van der Waals surface area contributed by atoms with Crippen molar-refractivity contribution >= 4 is 17.7 Å². The molecule has 0 saturated heterocycles. The van der Waals surface area contributed by atoms with Gasteiger partial charge < -0.3 is 10.1 Å². The van der Waals surface area contributed by atoms with E-state index >= 15 is 0 Å². The Morgan fingerprint density at radius 1 is 1.59 bits per heavy atom. The predicted octanol–water partition coefficient (Wildman–Crippen LogP) is -0.0638. The summed E-state index contributed by atoms with van der Waals surface area (Å²) in [6.45, 7) is 5.61. The Morgan fingerprint density at radius 3 is 3.00 bits per heavy atom. The molecule has 0 spiro atoms. The second kappa shape index (κ2) is 7.23. The Hall–Kier alpha value is -1.15. The zero-order valence-electron chi connectivity index (χ0n) is 10.2. The largest absolute Gasteiger partial charge is 0.468 e. The van der Waals surface area contributed by atoms with Crippen LogP contribution in [0.4, 0.5) is 0 Å². The van der Waals surface area contributed by atoms with Gasteiger partial charge in [0.25, 0.3) is 0 Å². The normalized spacial score (nSPS) is 10.8. The van der Waals surface area contributed by atoms with Crippen LogP contribution in [0.3, 0.4) is 0 Å². The van der Waals surface area contributed by atoms with Gasteiger partial charge in [-0.3, -0.25) is 4.79 Å². The van der Waals surface area contributed by atoms with Crippen LogP contribution in [0.1, 0.15) is 13.8 Å². The van der Waals surface area contributed by atoms with Gasteiger partial charge in [-0.05, 0) is 10.4 Å². The van der Waals surface area contributed by atoms with Crippen molar-refractivity contribution in [3.8, 4) is 0 Å². The summed E-state index contributed by atoms with van der Waals surface area (Å²) in [6.07, 6.45) is 0. The molecular weight excluding hydrogens is 242 g/mol. The molecule has 1 rings (SSSR count). The number of ether oxygens (including phenoxy) is 1. The van der Waals surface area contributed by atoms with Gasteiger partial charge in [0, 0.05) is 12.6 Å². The molecule has 1 N–H and O–H groups in total. The molecule has 7 nitrogen and oxygen atoms in total. The van der Waals surface area contributed by atoms with Crippen LogP contribution >= 0.6 is 11.8 Å². The summed E-state index contributed by atoms with van der Waals surface area (Å²) in [5, 5.41) is 15.2. The third-order valence-corrected chi connectivity index (χ3v) is 2.85. The van der Waals surface area contributed by atoms with Gasteiger partial charge in [0.05, 0.1) is 19.4 Å². The highest BCUT2D eigenvalue weighted by molar-refractivity contribution is 7.99. The summed E-state index contributed by atoms with van der Waals surface area (Å²) >= 11 is 1.27. The maximum Gasteiger partial charge on any atom is 0.316 e. The smallest absolute Gasteiger partial charge is 0.316 e. The quantitative estimate of drug-likeness (QED) is 0.542. The molecular formula is C9H17N5O2S. The maximum absolute atomic E-state index is 11.0. The van der Waals surface area contributed by atoms with Crippen molar-refractivity contribution in [2.45, 2.75) is 31.6 Å². The van der Waals surface area contributed by atoms with Gasteiger partial charge in [0.15, 0.2) is 0 Å². The standard InChI is InChI=1S/C9H17N5O2S/c1-7(2)10-4-5-14-9(11-12-13-14)17-6-8(15)16-3/h7,10H,4-6H2,1-3H3. The van der Waals surface area contributed by atoms with Crippen molar-refractivity contribution in [3.05, 3.63) is 0 Å². The number of tetrazole rings is 1. The molecule has 17 heavy (non-hydrogen) atoms. The minimum absolute atomic E-state index is 0.217. The van der Waals surface area contributed by atoms with Crippen molar-refractivity contribution < 1.29 is 9.53 Å². The number of rotatable bonds is 7. The highest BCUT2D eigenvalue weighted by Crippen LogP contribution is 2.12. The van der Waals surface area contributed by atoms with Crippen LogP contribution in [-0.4, -0.2) is 51.6 Å². The molecule has 0 atom stereocenters. The summed E-state index contributed by atoms with van der Waals surface area (Å²) in [4.78, 5) is 11.0. The Labute approximate surface area is 104 Å². The minimum Gasteiger partial charge on any atom is -0.468 e. The van der Waals surface area contributed by atoms with Gasteiger partial charge in [-0.2, -0.15) is 0 Å². The zero-order valence-corrected chi connectivity index (χ0v) is 11.0. The van der Waals surface area contributed by atoms with E-state index in [0.717, 1.165) is 6.54 Å². The summed E-state index contributed by atoms with van der Waals surface area (Å²) in [5.41, 5.74) is 0. The van der Waals surface area contributed by atoms with Gasteiger partial charge in [-0.1, -0.05) is 25.6 Å². The van der Waals surface area contributed by atoms with E-state index in [4.69, 9.17) is 0 Å². The van der Waals surface area contributed by atoms with Crippen molar-refractivity contribution in [2.24, 2.45) is 0 Å². The van der Waals surface area contributed by atoms with Crippen molar-refractivity contribution in [1.82, 2.24) is 25.5 Å². The number of carbonyl (C=O) groups is 1. The van der Waals surface area contributed by atoms with Gasteiger partial charge in [0.1, 0.15) is 0 Å². The SMILES string of the molecule is COC(=O)CSc1nnnn1CCNC(C)C. The monoisotopic (exact) mass is 259 g/mol. The van der Waals surface area contributed by atoms with E-state index in [1.54, 1.807) is 4.68 Å². The fourth-order valence-corrected chi connectivity index (χ4v) is 1.82. The number of hydrogen-bond acceptors (Lipinski definition) is 7. The zero-order chi connectivity index (χ0) is 12.7. The van der Waals surface area contributed by atoms with Crippen LogP contribution in [0.15, 0.2) is 5.16 Å². The topological polar surface area (TPSA) is 81.9 Å². The van der Waals surface area contributed by atoms with Gasteiger partial charge in [0.2, 0.25) is 5.16 Å². The second-order valence-electron chi connectivity index (χ2n) is 3.66. The lowest BCUT2D eigenvalue weighted by Crippen LogP contribution is -2.27. The Balaban J connectivity index is 2.40. The van der Waals surface area contributed by atoms with Crippen LogP contribution < -0.4 is 5.32 Å². The number of nitrogens with zero attached hydrogens (tertiary/aromatic N) is 4. The Bertz CT molecular complexity index is 355. The van der Waals surface area contributed by atoms with Crippen LogP contribution in [0, 0.1) is 0 Å². The molecule has 96 valence electrons. The van der Waals surface area contributed by atoms with E-state index in [1.807, 2.05) is 0 Å². The Kier molecular flexibility index (Phi) is 5.92. The predicted molar refractivity (Wildman–Crippen MR) is 63.7 cm³/mol. The molecule has 0 aliphatic carbocycles. The molecule has 0 fully saturated rings. The molecule has 0 amide bonds. The molecule has 0 aromatic carbocycles. The van der Waals surface area contributed by atoms with Crippen LogP contribution in [0.5, 0.6) is 0 Å². The molecule has 0 bridgehead atoms. The van der Waals surface area contributed by atoms with Crippen molar-refractivity contribution in [2.75, 3.05) is 19.4 Å². The first kappa shape index (κ1) is 13.9. The lowest BCUT2D eigenvalue weighted by atomic mass is 10.4. The highest BCUT2D eigenvalue weighted by atomic mass is 32.2. The lowest BCUT2D eigenvalue weighted by molar-refractivity contribution is -0.137. The molecule has 1 aromatic rings. The summed E-state index contributed by atoms with van der Waals surface area (Å²) in [5.74, 6) is -0.0704. The van der Waals surface area contributed by atoms with Gasteiger partial charge in [-0.15, -0.1) is 5.10 Å². The number of esters is 1. The number of aromatic nitrogens is 4. The molecule has 0 radical (unpaired) electrons. The number of methoxy groups -OCH3 is 1. The number of carbonyl (C=O) groups excluding carboxylic acids is 1. The van der Waals surface area contributed by atoms with Crippen molar-refractivity contribution in [1.29, 1.82) is 0 Å². The highest BCUT2D eigenvalue weighted by Gasteiger charge is 2.09. The molecule has 1 aromatic heterocycles. The van der Waals surface area contributed by atoms with E-state index in [0.29, 0.717) is 17.7 Å². The number of hydrogen-bond donors (Lipinski definition) is 1. The third kappa shape index (κ3) is 5.14. The van der Waals surface area contributed by atoms with E-state index in [2.05, 4.69) is 39.4 Å². The summed E-state index contributed by atoms with van der Waals surface area (Å²) in [7, 11) is 1.36. The molecule has 0 unspecified atom stereocenters. The third-order valence-electron chi connectivity index (χ3n) is 1.92. The molecule has 0 aliphatic heterocycles.